The van der Waals surface area contributed by atoms with Crippen LogP contribution >= 0.6 is 23.2 Å². The SMILES string of the molecule is Cc1cccc(OCCC(NN)c2cccc(Cl)c2Cl)c1. The second kappa shape index (κ2) is 7.66. The highest BCUT2D eigenvalue weighted by atomic mass is 35.5. The summed E-state index contributed by atoms with van der Waals surface area (Å²) in [5, 5.41) is 1.05. The Labute approximate surface area is 135 Å². The number of hydrazine groups is 1. The van der Waals surface area contributed by atoms with Crippen LogP contribution in [0.4, 0.5) is 0 Å². The first-order valence-electron chi connectivity index (χ1n) is 6.71. The average Bonchev–Trinajstić information content (AvgIpc) is 2.47. The lowest BCUT2D eigenvalue weighted by Crippen LogP contribution is -2.29. The maximum Gasteiger partial charge on any atom is 0.119 e. The third-order valence-electron chi connectivity index (χ3n) is 3.22. The summed E-state index contributed by atoms with van der Waals surface area (Å²) in [6.07, 6.45) is 0.685. The van der Waals surface area contributed by atoms with Gasteiger partial charge in [0, 0.05) is 6.42 Å². The summed E-state index contributed by atoms with van der Waals surface area (Å²) >= 11 is 12.2. The maximum atomic E-state index is 6.22. The second-order valence-corrected chi connectivity index (χ2v) is 5.60. The number of nitrogens with one attached hydrogen (secondary N) is 1. The Bertz CT molecular complexity index is 605. The number of nitrogens with two attached hydrogens (primary N) is 1. The van der Waals surface area contributed by atoms with Crippen molar-refractivity contribution in [2.75, 3.05) is 6.61 Å². The molecule has 2 rings (SSSR count). The standard InChI is InChI=1S/C16H18Cl2N2O/c1-11-4-2-5-12(10-11)21-9-8-15(20-19)13-6-3-7-14(17)16(13)18/h2-7,10,15,20H,8-9,19H2,1H3. The van der Waals surface area contributed by atoms with Gasteiger partial charge in [0.15, 0.2) is 0 Å². The molecule has 3 N–H and O–H groups in total. The molecule has 0 radical (unpaired) electrons. The van der Waals surface area contributed by atoms with Gasteiger partial charge in [0.05, 0.1) is 22.7 Å². The predicted octanol–water partition coefficient (Wildman–Crippen LogP) is 4.28. The second-order valence-electron chi connectivity index (χ2n) is 4.82. The highest BCUT2D eigenvalue weighted by Crippen LogP contribution is 2.31. The molecule has 0 aromatic heterocycles. The molecule has 0 saturated carbocycles. The van der Waals surface area contributed by atoms with E-state index in [1.165, 1.54) is 5.56 Å². The van der Waals surface area contributed by atoms with Gasteiger partial charge in [0.2, 0.25) is 0 Å². The third kappa shape index (κ3) is 4.35. The fourth-order valence-electron chi connectivity index (χ4n) is 2.12. The Balaban J connectivity index is 1.98. The molecule has 21 heavy (non-hydrogen) atoms. The zero-order chi connectivity index (χ0) is 15.2. The molecule has 3 nitrogen and oxygen atoms in total. The molecule has 0 spiro atoms. The first-order valence-corrected chi connectivity index (χ1v) is 7.47. The Morgan fingerprint density at radius 2 is 1.95 bits per heavy atom. The Morgan fingerprint density at radius 3 is 2.67 bits per heavy atom. The van der Waals surface area contributed by atoms with Gasteiger partial charge in [-0.05, 0) is 36.2 Å². The number of ether oxygens (including phenoxy) is 1. The number of hydrogen-bond acceptors (Lipinski definition) is 3. The molecule has 112 valence electrons. The van der Waals surface area contributed by atoms with Gasteiger partial charge in [0.25, 0.3) is 0 Å². The summed E-state index contributed by atoms with van der Waals surface area (Å²) in [7, 11) is 0. The lowest BCUT2D eigenvalue weighted by atomic mass is 10.0. The normalized spacial score (nSPS) is 12.2. The minimum atomic E-state index is -0.110. The highest BCUT2D eigenvalue weighted by Gasteiger charge is 2.15. The van der Waals surface area contributed by atoms with E-state index in [0.29, 0.717) is 23.1 Å². The summed E-state index contributed by atoms with van der Waals surface area (Å²) in [6.45, 7) is 2.56. The van der Waals surface area contributed by atoms with Gasteiger partial charge in [-0.25, -0.2) is 0 Å². The van der Waals surface area contributed by atoms with Crippen molar-refractivity contribution in [3.8, 4) is 5.75 Å². The summed E-state index contributed by atoms with van der Waals surface area (Å²) in [6, 6.07) is 13.3. The third-order valence-corrected chi connectivity index (χ3v) is 4.06. The van der Waals surface area contributed by atoms with Crippen molar-refractivity contribution in [2.24, 2.45) is 5.84 Å². The maximum absolute atomic E-state index is 6.22. The van der Waals surface area contributed by atoms with E-state index in [-0.39, 0.29) is 6.04 Å². The molecule has 0 aliphatic rings. The van der Waals surface area contributed by atoms with Crippen LogP contribution in [0.15, 0.2) is 42.5 Å². The van der Waals surface area contributed by atoms with Crippen LogP contribution in [0, 0.1) is 6.92 Å². The minimum Gasteiger partial charge on any atom is -0.494 e. The van der Waals surface area contributed by atoms with E-state index in [1.807, 2.05) is 43.3 Å². The van der Waals surface area contributed by atoms with E-state index in [9.17, 15) is 0 Å². The van der Waals surface area contributed by atoms with Crippen LogP contribution in [0.3, 0.4) is 0 Å². The van der Waals surface area contributed by atoms with Gasteiger partial charge < -0.3 is 4.74 Å². The van der Waals surface area contributed by atoms with Crippen molar-refractivity contribution in [1.29, 1.82) is 0 Å². The van der Waals surface area contributed by atoms with Crippen LogP contribution in [-0.4, -0.2) is 6.61 Å². The molecule has 0 bridgehead atoms. The van der Waals surface area contributed by atoms with Gasteiger partial charge in [-0.15, -0.1) is 0 Å². The summed E-state index contributed by atoms with van der Waals surface area (Å²) in [5.41, 5.74) is 4.80. The zero-order valence-corrected chi connectivity index (χ0v) is 13.3. The monoisotopic (exact) mass is 324 g/mol. The molecule has 0 amide bonds. The first kappa shape index (κ1) is 16.1. The van der Waals surface area contributed by atoms with Crippen molar-refractivity contribution in [2.45, 2.75) is 19.4 Å². The van der Waals surface area contributed by atoms with Crippen molar-refractivity contribution in [1.82, 2.24) is 5.43 Å². The fraction of sp³-hybridized carbons (Fsp3) is 0.250. The molecule has 0 heterocycles. The lowest BCUT2D eigenvalue weighted by Gasteiger charge is -2.18. The lowest BCUT2D eigenvalue weighted by molar-refractivity contribution is 0.287. The molecule has 2 aromatic carbocycles. The number of aryl methyl sites for hydroxylation is 1. The Hall–Kier alpha value is -1.26. The summed E-state index contributed by atoms with van der Waals surface area (Å²) < 4.78 is 5.74. The van der Waals surface area contributed by atoms with E-state index < -0.39 is 0 Å². The van der Waals surface area contributed by atoms with Gasteiger partial charge in [-0.3, -0.25) is 11.3 Å². The van der Waals surface area contributed by atoms with Crippen LogP contribution < -0.4 is 16.0 Å². The predicted molar refractivity (Wildman–Crippen MR) is 87.8 cm³/mol. The van der Waals surface area contributed by atoms with Crippen molar-refractivity contribution >= 4 is 23.2 Å². The number of hydrogen-bond donors (Lipinski definition) is 2. The first-order chi connectivity index (χ1) is 10.1. The topological polar surface area (TPSA) is 47.3 Å². The molecule has 5 heteroatoms. The van der Waals surface area contributed by atoms with Crippen LogP contribution in [0.5, 0.6) is 5.75 Å². The largest absolute Gasteiger partial charge is 0.494 e. The molecule has 1 atom stereocenters. The van der Waals surface area contributed by atoms with E-state index in [2.05, 4.69) is 5.43 Å². The molecular formula is C16H18Cl2N2O. The van der Waals surface area contributed by atoms with Gasteiger partial charge in [0.1, 0.15) is 5.75 Å². The van der Waals surface area contributed by atoms with Gasteiger partial charge in [-0.1, -0.05) is 47.5 Å². The van der Waals surface area contributed by atoms with Crippen molar-refractivity contribution in [3.05, 3.63) is 63.6 Å². The van der Waals surface area contributed by atoms with Crippen LogP contribution in [0.2, 0.25) is 10.0 Å². The van der Waals surface area contributed by atoms with E-state index in [4.69, 9.17) is 33.8 Å². The Morgan fingerprint density at radius 1 is 1.19 bits per heavy atom. The Kier molecular flexibility index (Phi) is 5.88. The fourth-order valence-corrected chi connectivity index (χ4v) is 2.56. The average molecular weight is 325 g/mol. The smallest absolute Gasteiger partial charge is 0.119 e. The highest BCUT2D eigenvalue weighted by molar-refractivity contribution is 6.42. The number of rotatable bonds is 6. The van der Waals surface area contributed by atoms with Crippen LogP contribution in [0.25, 0.3) is 0 Å². The number of benzene rings is 2. The van der Waals surface area contributed by atoms with E-state index >= 15 is 0 Å². The number of halogens is 2. The van der Waals surface area contributed by atoms with Crippen molar-refractivity contribution in [3.63, 3.8) is 0 Å². The van der Waals surface area contributed by atoms with E-state index in [0.717, 1.165) is 11.3 Å². The molecule has 0 aliphatic heterocycles. The van der Waals surface area contributed by atoms with E-state index in [1.54, 1.807) is 6.07 Å². The minimum absolute atomic E-state index is 0.110. The quantitative estimate of drug-likeness (QED) is 0.616. The van der Waals surface area contributed by atoms with Crippen molar-refractivity contribution < 1.29 is 4.74 Å². The molecular weight excluding hydrogens is 307 g/mol. The molecule has 2 aromatic rings. The molecule has 1 unspecified atom stereocenters. The molecule has 0 fully saturated rings. The summed E-state index contributed by atoms with van der Waals surface area (Å²) in [4.78, 5) is 0. The van der Waals surface area contributed by atoms with Gasteiger partial charge >= 0.3 is 0 Å². The summed E-state index contributed by atoms with van der Waals surface area (Å²) in [5.74, 6) is 6.47. The zero-order valence-electron chi connectivity index (χ0n) is 11.8. The van der Waals surface area contributed by atoms with Crippen LogP contribution in [0.1, 0.15) is 23.6 Å². The molecule has 0 saturated heterocycles. The van der Waals surface area contributed by atoms with Gasteiger partial charge in [-0.2, -0.15) is 0 Å². The molecule has 0 aliphatic carbocycles. The van der Waals surface area contributed by atoms with Crippen LogP contribution in [-0.2, 0) is 0 Å².